The molecule has 0 spiro atoms. The van der Waals surface area contributed by atoms with Crippen molar-refractivity contribution in [2.45, 2.75) is 6.92 Å². The van der Waals surface area contributed by atoms with E-state index in [0.29, 0.717) is 5.88 Å². The fourth-order valence-electron chi connectivity index (χ4n) is 1.40. The van der Waals surface area contributed by atoms with Gasteiger partial charge in [0.05, 0.1) is 0 Å². The van der Waals surface area contributed by atoms with Gasteiger partial charge in [-0.3, -0.25) is 0 Å². The third-order valence-electron chi connectivity index (χ3n) is 2.10. The van der Waals surface area contributed by atoms with E-state index in [0.717, 1.165) is 21.7 Å². The molecule has 0 saturated carbocycles. The third kappa shape index (κ3) is 3.59. The minimum Gasteiger partial charge on any atom is -0.439 e. The smallest absolute Gasteiger partial charge is 0.221 e. The first-order valence-electron chi connectivity index (χ1n) is 5.42. The minimum absolute atomic E-state index is 0.602. The van der Waals surface area contributed by atoms with E-state index in [4.69, 9.17) is 4.74 Å². The van der Waals surface area contributed by atoms with E-state index in [-0.39, 0.29) is 0 Å². The van der Waals surface area contributed by atoms with Crippen molar-refractivity contribution in [3.05, 3.63) is 46.0 Å². The summed E-state index contributed by atoms with van der Waals surface area (Å²) in [6.07, 6.45) is 0. The topological polar surface area (TPSA) is 34.1 Å². The van der Waals surface area contributed by atoms with Crippen molar-refractivity contribution in [2.75, 3.05) is 11.9 Å². The molecule has 1 aromatic carbocycles. The van der Waals surface area contributed by atoms with Crippen LogP contribution in [0.1, 0.15) is 6.92 Å². The Morgan fingerprint density at radius 1 is 1.24 bits per heavy atom. The van der Waals surface area contributed by atoms with E-state index >= 15 is 0 Å². The Balaban J connectivity index is 2.15. The summed E-state index contributed by atoms with van der Waals surface area (Å²) in [5, 5.41) is 3.15. The zero-order chi connectivity index (χ0) is 12.1. The molecule has 0 unspecified atom stereocenters. The highest BCUT2D eigenvalue weighted by molar-refractivity contribution is 14.1. The summed E-state index contributed by atoms with van der Waals surface area (Å²) in [4.78, 5) is 4.35. The van der Waals surface area contributed by atoms with E-state index in [2.05, 4.69) is 32.9 Å². The summed E-state index contributed by atoms with van der Waals surface area (Å²) >= 11 is 2.26. The number of halogens is 1. The summed E-state index contributed by atoms with van der Waals surface area (Å²) in [7, 11) is 0. The van der Waals surface area contributed by atoms with Crippen LogP contribution in [0.5, 0.6) is 11.6 Å². The molecule has 0 saturated heterocycles. The van der Waals surface area contributed by atoms with Crippen LogP contribution in [0.4, 0.5) is 5.82 Å². The quantitative estimate of drug-likeness (QED) is 0.857. The molecular weight excluding hydrogens is 327 g/mol. The van der Waals surface area contributed by atoms with Crippen LogP contribution in [0.2, 0.25) is 0 Å². The summed E-state index contributed by atoms with van der Waals surface area (Å²) in [5.41, 5.74) is 0. The van der Waals surface area contributed by atoms with Gasteiger partial charge in [-0.2, -0.15) is 4.98 Å². The van der Waals surface area contributed by atoms with Gasteiger partial charge in [0, 0.05) is 16.2 Å². The van der Waals surface area contributed by atoms with Crippen LogP contribution in [0.3, 0.4) is 0 Å². The zero-order valence-electron chi connectivity index (χ0n) is 9.48. The SMILES string of the molecule is CCNc1cccc(Oc2cccc(I)c2)n1. The fraction of sp³-hybridized carbons (Fsp3) is 0.154. The summed E-state index contributed by atoms with van der Waals surface area (Å²) in [6, 6.07) is 13.6. The van der Waals surface area contributed by atoms with Gasteiger partial charge in [-0.25, -0.2) is 0 Å². The molecule has 1 heterocycles. The maximum atomic E-state index is 5.69. The summed E-state index contributed by atoms with van der Waals surface area (Å²) in [6.45, 7) is 2.88. The van der Waals surface area contributed by atoms with Gasteiger partial charge >= 0.3 is 0 Å². The van der Waals surface area contributed by atoms with E-state index in [9.17, 15) is 0 Å². The maximum Gasteiger partial charge on any atom is 0.221 e. The lowest BCUT2D eigenvalue weighted by atomic mass is 10.3. The van der Waals surface area contributed by atoms with Crippen LogP contribution in [-0.2, 0) is 0 Å². The van der Waals surface area contributed by atoms with E-state index in [1.807, 2.05) is 49.4 Å². The first-order valence-corrected chi connectivity index (χ1v) is 6.50. The highest BCUT2D eigenvalue weighted by atomic mass is 127. The van der Waals surface area contributed by atoms with Gasteiger partial charge in [-0.05, 0) is 53.8 Å². The molecule has 0 fully saturated rings. The molecule has 0 bridgehead atoms. The van der Waals surface area contributed by atoms with E-state index < -0.39 is 0 Å². The number of hydrogen-bond acceptors (Lipinski definition) is 3. The molecule has 17 heavy (non-hydrogen) atoms. The molecule has 0 radical (unpaired) electrons. The third-order valence-corrected chi connectivity index (χ3v) is 2.77. The van der Waals surface area contributed by atoms with Crippen LogP contribution in [0.25, 0.3) is 0 Å². The number of benzene rings is 1. The standard InChI is InChI=1S/C13H13IN2O/c1-2-15-12-7-4-8-13(16-12)17-11-6-3-5-10(14)9-11/h3-9H,2H2,1H3,(H,15,16). The lowest BCUT2D eigenvalue weighted by Gasteiger charge is -2.07. The lowest BCUT2D eigenvalue weighted by molar-refractivity contribution is 0.463. The van der Waals surface area contributed by atoms with Gasteiger partial charge in [0.2, 0.25) is 5.88 Å². The summed E-state index contributed by atoms with van der Waals surface area (Å²) < 4.78 is 6.83. The molecule has 1 aromatic heterocycles. The second kappa shape index (κ2) is 5.86. The molecule has 2 aromatic rings. The van der Waals surface area contributed by atoms with Crippen molar-refractivity contribution in [3.8, 4) is 11.6 Å². The monoisotopic (exact) mass is 340 g/mol. The molecule has 3 nitrogen and oxygen atoms in total. The molecule has 1 N–H and O–H groups in total. The molecular formula is C13H13IN2O. The van der Waals surface area contributed by atoms with Crippen molar-refractivity contribution in [2.24, 2.45) is 0 Å². The Hall–Kier alpha value is -1.30. The Labute approximate surface area is 114 Å². The van der Waals surface area contributed by atoms with E-state index in [1.165, 1.54) is 0 Å². The first kappa shape index (κ1) is 12.2. The predicted molar refractivity (Wildman–Crippen MR) is 77.6 cm³/mol. The molecule has 0 aliphatic carbocycles. The molecule has 0 aliphatic heterocycles. The largest absolute Gasteiger partial charge is 0.439 e. The predicted octanol–water partition coefficient (Wildman–Crippen LogP) is 3.91. The van der Waals surface area contributed by atoms with Crippen LogP contribution in [-0.4, -0.2) is 11.5 Å². The van der Waals surface area contributed by atoms with Crippen molar-refractivity contribution in [1.82, 2.24) is 4.98 Å². The number of nitrogens with one attached hydrogen (secondary N) is 1. The Kier molecular flexibility index (Phi) is 4.19. The Morgan fingerprint density at radius 2 is 2.06 bits per heavy atom. The maximum absolute atomic E-state index is 5.69. The molecule has 4 heteroatoms. The van der Waals surface area contributed by atoms with Crippen LogP contribution >= 0.6 is 22.6 Å². The average molecular weight is 340 g/mol. The number of ether oxygens (including phenoxy) is 1. The molecule has 0 aliphatic rings. The minimum atomic E-state index is 0.602. The highest BCUT2D eigenvalue weighted by Crippen LogP contribution is 2.22. The van der Waals surface area contributed by atoms with Crippen molar-refractivity contribution >= 4 is 28.4 Å². The van der Waals surface area contributed by atoms with Gasteiger partial charge < -0.3 is 10.1 Å². The van der Waals surface area contributed by atoms with Crippen molar-refractivity contribution in [1.29, 1.82) is 0 Å². The number of hydrogen-bond donors (Lipinski definition) is 1. The number of rotatable bonds is 4. The van der Waals surface area contributed by atoms with Crippen LogP contribution < -0.4 is 10.1 Å². The zero-order valence-corrected chi connectivity index (χ0v) is 11.6. The van der Waals surface area contributed by atoms with E-state index in [1.54, 1.807) is 0 Å². The molecule has 2 rings (SSSR count). The number of anilines is 1. The van der Waals surface area contributed by atoms with Gasteiger partial charge in [0.15, 0.2) is 0 Å². The Bertz CT molecular complexity index is 502. The number of nitrogens with zero attached hydrogens (tertiary/aromatic N) is 1. The number of aromatic nitrogens is 1. The number of pyridine rings is 1. The highest BCUT2D eigenvalue weighted by Gasteiger charge is 2.00. The van der Waals surface area contributed by atoms with Crippen molar-refractivity contribution < 1.29 is 4.74 Å². The average Bonchev–Trinajstić information content (AvgIpc) is 2.30. The molecule has 0 atom stereocenters. The second-order valence-corrected chi connectivity index (χ2v) is 4.70. The van der Waals surface area contributed by atoms with Crippen molar-refractivity contribution in [3.63, 3.8) is 0 Å². The van der Waals surface area contributed by atoms with Gasteiger partial charge in [-0.15, -0.1) is 0 Å². The fourth-order valence-corrected chi connectivity index (χ4v) is 1.92. The van der Waals surface area contributed by atoms with Gasteiger partial charge in [0.1, 0.15) is 11.6 Å². The van der Waals surface area contributed by atoms with Crippen LogP contribution in [0.15, 0.2) is 42.5 Å². The molecule has 88 valence electrons. The second-order valence-electron chi connectivity index (χ2n) is 3.45. The lowest BCUT2D eigenvalue weighted by Crippen LogP contribution is -1.99. The normalized spacial score (nSPS) is 10.0. The van der Waals surface area contributed by atoms with Gasteiger partial charge in [-0.1, -0.05) is 12.1 Å². The molecule has 0 amide bonds. The van der Waals surface area contributed by atoms with Crippen LogP contribution in [0, 0.1) is 3.57 Å². The van der Waals surface area contributed by atoms with Gasteiger partial charge in [0.25, 0.3) is 0 Å². The first-order chi connectivity index (χ1) is 8.28. The summed E-state index contributed by atoms with van der Waals surface area (Å²) in [5.74, 6) is 2.24. The Morgan fingerprint density at radius 3 is 2.82 bits per heavy atom.